The van der Waals surface area contributed by atoms with Crippen molar-refractivity contribution >= 4 is 0 Å². The van der Waals surface area contributed by atoms with Gasteiger partial charge in [0.2, 0.25) is 0 Å². The maximum Gasteiger partial charge on any atom is 0.0615 e. The molecule has 0 bridgehead atoms. The molecule has 0 aliphatic heterocycles. The monoisotopic (exact) mass is 191 g/mol. The summed E-state index contributed by atoms with van der Waals surface area (Å²) in [7, 11) is 3.36. The third kappa shape index (κ3) is 5.99. The molecule has 0 radical (unpaired) electrons. The van der Waals surface area contributed by atoms with Crippen LogP contribution in [0.4, 0.5) is 0 Å². The van der Waals surface area contributed by atoms with Crippen molar-refractivity contribution in [3.8, 4) is 0 Å². The summed E-state index contributed by atoms with van der Waals surface area (Å²) in [4.78, 5) is 2.15. The average molecular weight is 191 g/mol. The molecule has 0 heterocycles. The van der Waals surface area contributed by atoms with Crippen LogP contribution in [0, 0.1) is 0 Å². The maximum absolute atomic E-state index is 8.83. The molecule has 0 saturated carbocycles. The van der Waals surface area contributed by atoms with Crippen LogP contribution in [-0.4, -0.2) is 63.2 Å². The fraction of sp³-hybridized carbons (Fsp3) is 1.00. The van der Waals surface area contributed by atoms with E-state index >= 15 is 0 Å². The minimum atomic E-state index is 0.178. The van der Waals surface area contributed by atoms with Crippen molar-refractivity contribution in [1.82, 2.24) is 4.90 Å². The quantitative estimate of drug-likeness (QED) is 0.584. The highest BCUT2D eigenvalue weighted by atomic mass is 16.5. The largest absolute Gasteiger partial charge is 0.395 e. The van der Waals surface area contributed by atoms with Gasteiger partial charge in [0.15, 0.2) is 0 Å². The van der Waals surface area contributed by atoms with Gasteiger partial charge in [0.25, 0.3) is 0 Å². The number of methoxy groups -OCH3 is 2. The Morgan fingerprint density at radius 1 is 1.23 bits per heavy atom. The Labute approximate surface area is 80.4 Å². The van der Waals surface area contributed by atoms with Gasteiger partial charge in [-0.25, -0.2) is 0 Å². The van der Waals surface area contributed by atoms with Gasteiger partial charge in [-0.3, -0.25) is 4.90 Å². The fourth-order valence-electron chi connectivity index (χ4n) is 1.24. The lowest BCUT2D eigenvalue weighted by atomic mass is 10.3. The van der Waals surface area contributed by atoms with Crippen molar-refractivity contribution in [2.45, 2.75) is 13.0 Å². The summed E-state index contributed by atoms with van der Waals surface area (Å²) in [5.74, 6) is 0. The molecule has 1 atom stereocenters. The zero-order valence-electron chi connectivity index (χ0n) is 8.82. The second-order valence-electron chi connectivity index (χ2n) is 3.06. The van der Waals surface area contributed by atoms with Crippen molar-refractivity contribution in [2.24, 2.45) is 0 Å². The Hall–Kier alpha value is -0.160. The highest BCUT2D eigenvalue weighted by Crippen LogP contribution is 1.98. The van der Waals surface area contributed by atoms with E-state index in [1.54, 1.807) is 14.2 Å². The van der Waals surface area contributed by atoms with Gasteiger partial charge in [-0.15, -0.1) is 0 Å². The minimum absolute atomic E-state index is 0.178. The van der Waals surface area contributed by atoms with Crippen LogP contribution in [0.1, 0.15) is 6.92 Å². The molecule has 0 aromatic rings. The molecule has 0 aliphatic rings. The predicted octanol–water partition coefficient (Wildman–Crippen LogP) is -0.0380. The number of rotatable bonds is 8. The summed E-state index contributed by atoms with van der Waals surface area (Å²) in [6, 6.07) is 0.326. The van der Waals surface area contributed by atoms with Gasteiger partial charge in [-0.2, -0.15) is 0 Å². The maximum atomic E-state index is 8.83. The lowest BCUT2D eigenvalue weighted by Gasteiger charge is -2.27. The summed E-state index contributed by atoms with van der Waals surface area (Å²) < 4.78 is 10.0. The van der Waals surface area contributed by atoms with E-state index in [1.165, 1.54) is 0 Å². The smallest absolute Gasteiger partial charge is 0.0615 e. The zero-order valence-corrected chi connectivity index (χ0v) is 8.82. The second-order valence-corrected chi connectivity index (χ2v) is 3.06. The molecule has 4 nitrogen and oxygen atoms in total. The molecular weight excluding hydrogens is 170 g/mol. The number of aliphatic hydroxyl groups excluding tert-OH is 1. The molecule has 0 fully saturated rings. The van der Waals surface area contributed by atoms with Crippen LogP contribution in [0.3, 0.4) is 0 Å². The van der Waals surface area contributed by atoms with Crippen LogP contribution in [0.2, 0.25) is 0 Å². The normalized spacial score (nSPS) is 13.6. The summed E-state index contributed by atoms with van der Waals surface area (Å²) in [6.45, 7) is 5.14. The Kier molecular flexibility index (Phi) is 8.33. The van der Waals surface area contributed by atoms with Crippen molar-refractivity contribution in [3.63, 3.8) is 0 Å². The molecule has 13 heavy (non-hydrogen) atoms. The van der Waals surface area contributed by atoms with E-state index in [0.717, 1.165) is 6.54 Å². The van der Waals surface area contributed by atoms with E-state index in [0.29, 0.717) is 25.8 Å². The molecule has 80 valence electrons. The highest BCUT2D eigenvalue weighted by Gasteiger charge is 2.11. The van der Waals surface area contributed by atoms with E-state index in [2.05, 4.69) is 11.8 Å². The lowest BCUT2D eigenvalue weighted by molar-refractivity contribution is 0.0636. The van der Waals surface area contributed by atoms with Crippen LogP contribution >= 0.6 is 0 Å². The molecule has 1 unspecified atom stereocenters. The average Bonchev–Trinajstić information content (AvgIpc) is 2.12. The molecule has 0 aliphatic carbocycles. The van der Waals surface area contributed by atoms with E-state index in [-0.39, 0.29) is 6.61 Å². The van der Waals surface area contributed by atoms with E-state index < -0.39 is 0 Å². The zero-order chi connectivity index (χ0) is 10.1. The van der Waals surface area contributed by atoms with Gasteiger partial charge in [-0.1, -0.05) is 0 Å². The molecule has 0 rings (SSSR count). The van der Waals surface area contributed by atoms with Crippen LogP contribution in [0.25, 0.3) is 0 Å². The van der Waals surface area contributed by atoms with Crippen molar-refractivity contribution in [3.05, 3.63) is 0 Å². The van der Waals surface area contributed by atoms with Gasteiger partial charge in [0, 0.05) is 33.4 Å². The van der Waals surface area contributed by atoms with Crippen LogP contribution in [0.15, 0.2) is 0 Å². The second kappa shape index (κ2) is 8.44. The number of hydrogen-bond donors (Lipinski definition) is 1. The van der Waals surface area contributed by atoms with Crippen molar-refractivity contribution < 1.29 is 14.6 Å². The molecule has 0 spiro atoms. The number of ether oxygens (including phenoxy) is 2. The fourth-order valence-corrected chi connectivity index (χ4v) is 1.24. The third-order valence-corrected chi connectivity index (χ3v) is 2.00. The molecular formula is C9H21NO3. The number of nitrogens with zero attached hydrogens (tertiary/aromatic N) is 1. The molecule has 4 heteroatoms. The van der Waals surface area contributed by atoms with Crippen LogP contribution in [0.5, 0.6) is 0 Å². The third-order valence-electron chi connectivity index (χ3n) is 2.00. The Morgan fingerprint density at radius 3 is 2.38 bits per heavy atom. The van der Waals surface area contributed by atoms with E-state index in [9.17, 15) is 0 Å². The summed E-state index contributed by atoms with van der Waals surface area (Å²) >= 11 is 0. The molecule has 0 amide bonds. The summed E-state index contributed by atoms with van der Waals surface area (Å²) in [6.07, 6.45) is 0. The predicted molar refractivity (Wildman–Crippen MR) is 51.9 cm³/mol. The van der Waals surface area contributed by atoms with Gasteiger partial charge in [0.1, 0.15) is 0 Å². The van der Waals surface area contributed by atoms with E-state index in [1.807, 2.05) is 0 Å². The summed E-state index contributed by atoms with van der Waals surface area (Å²) in [5.41, 5.74) is 0. The van der Waals surface area contributed by atoms with Gasteiger partial charge < -0.3 is 14.6 Å². The molecule has 0 aromatic carbocycles. The first-order chi connectivity index (χ1) is 6.26. The van der Waals surface area contributed by atoms with Crippen LogP contribution in [-0.2, 0) is 9.47 Å². The summed E-state index contributed by atoms with van der Waals surface area (Å²) in [5, 5.41) is 8.83. The number of aliphatic hydroxyl groups is 1. The van der Waals surface area contributed by atoms with Crippen LogP contribution < -0.4 is 0 Å². The molecule has 0 aromatic heterocycles. The van der Waals surface area contributed by atoms with Gasteiger partial charge in [0.05, 0.1) is 19.8 Å². The lowest BCUT2D eigenvalue weighted by Crippen LogP contribution is -2.40. The minimum Gasteiger partial charge on any atom is -0.395 e. The van der Waals surface area contributed by atoms with Gasteiger partial charge >= 0.3 is 0 Å². The number of hydrogen-bond acceptors (Lipinski definition) is 4. The van der Waals surface area contributed by atoms with Gasteiger partial charge in [-0.05, 0) is 6.92 Å². The Balaban J connectivity index is 3.75. The Morgan fingerprint density at radius 2 is 1.92 bits per heavy atom. The SMILES string of the molecule is COCCN(CCO)C(C)COC. The topological polar surface area (TPSA) is 41.9 Å². The highest BCUT2D eigenvalue weighted by molar-refractivity contribution is 4.65. The molecule has 1 N–H and O–H groups in total. The standard InChI is InChI=1S/C9H21NO3/c1-9(8-13-3)10(4-6-11)5-7-12-2/h9,11H,4-8H2,1-3H3. The first kappa shape index (κ1) is 12.8. The first-order valence-electron chi connectivity index (χ1n) is 4.59. The van der Waals surface area contributed by atoms with Crippen molar-refractivity contribution in [1.29, 1.82) is 0 Å². The first-order valence-corrected chi connectivity index (χ1v) is 4.59. The van der Waals surface area contributed by atoms with E-state index in [4.69, 9.17) is 14.6 Å². The Bertz CT molecular complexity index is 111. The van der Waals surface area contributed by atoms with Crippen molar-refractivity contribution in [2.75, 3.05) is 47.1 Å². The molecule has 0 saturated heterocycles.